The molecule has 2 aromatic rings. The van der Waals surface area contributed by atoms with Crippen LogP contribution < -0.4 is 4.74 Å². The van der Waals surface area contributed by atoms with Crippen molar-refractivity contribution in [3.63, 3.8) is 0 Å². The zero-order chi connectivity index (χ0) is 17.9. The third-order valence-electron chi connectivity index (χ3n) is 5.27. The van der Waals surface area contributed by atoms with E-state index in [2.05, 4.69) is 48.0 Å². The summed E-state index contributed by atoms with van der Waals surface area (Å²) in [6.07, 6.45) is 0.945. The van der Waals surface area contributed by atoms with Crippen molar-refractivity contribution >= 4 is 27.3 Å². The van der Waals surface area contributed by atoms with E-state index in [9.17, 15) is 4.79 Å². The van der Waals surface area contributed by atoms with Gasteiger partial charge in [0.05, 0.1) is 6.10 Å². The van der Waals surface area contributed by atoms with Gasteiger partial charge in [0.2, 0.25) is 0 Å². The highest BCUT2D eigenvalue weighted by Crippen LogP contribution is 2.50. The minimum absolute atomic E-state index is 0.114. The Morgan fingerprint density at radius 3 is 2.52 bits per heavy atom. The molecule has 0 saturated carbocycles. The largest absolute Gasteiger partial charge is 0.491 e. The van der Waals surface area contributed by atoms with E-state index in [1.54, 1.807) is 0 Å². The zero-order valence-electron chi connectivity index (χ0n) is 14.9. The summed E-state index contributed by atoms with van der Waals surface area (Å²) >= 11 is 3.55. The van der Waals surface area contributed by atoms with Crippen LogP contribution in [-0.2, 0) is 11.8 Å². The summed E-state index contributed by atoms with van der Waals surface area (Å²) in [5.41, 5.74) is 6.12. The number of carbonyl (C=O) groups excluding carboxylic acids is 1. The Morgan fingerprint density at radius 2 is 1.80 bits per heavy atom. The standard InChI is InChI=1S/C22H21BrO2/c1-12(2)25-15-6-8-17-18(11-15)22(3,4)19-10-13-9-14(23)5-7-16(13)20(19)21(17)24/h5-9,11-12H,10H2,1-4H3. The molecule has 2 aliphatic rings. The maximum Gasteiger partial charge on any atom is 0.193 e. The smallest absolute Gasteiger partial charge is 0.193 e. The number of ketones is 1. The van der Waals surface area contributed by atoms with Gasteiger partial charge in [-0.1, -0.05) is 35.8 Å². The molecule has 2 aliphatic carbocycles. The minimum atomic E-state index is -0.194. The Hall–Kier alpha value is -1.87. The molecule has 2 aromatic carbocycles. The molecule has 0 spiro atoms. The second-order valence-electron chi connectivity index (χ2n) is 7.66. The van der Waals surface area contributed by atoms with Crippen LogP contribution in [0.15, 0.2) is 46.4 Å². The summed E-state index contributed by atoms with van der Waals surface area (Å²) in [5, 5.41) is 0. The lowest BCUT2D eigenvalue weighted by atomic mass is 9.68. The number of hydrogen-bond acceptors (Lipinski definition) is 2. The molecule has 0 aromatic heterocycles. The molecule has 4 rings (SSSR count). The van der Waals surface area contributed by atoms with Crippen LogP contribution in [0.3, 0.4) is 0 Å². The molecule has 2 nitrogen and oxygen atoms in total. The number of Topliss-reactive ketones (excluding diaryl/α,β-unsaturated/α-hetero) is 1. The first kappa shape index (κ1) is 16.6. The highest BCUT2D eigenvalue weighted by molar-refractivity contribution is 9.10. The summed E-state index contributed by atoms with van der Waals surface area (Å²) in [7, 11) is 0. The van der Waals surface area contributed by atoms with Crippen LogP contribution in [0.5, 0.6) is 5.75 Å². The third-order valence-corrected chi connectivity index (χ3v) is 5.76. The number of rotatable bonds is 2. The van der Waals surface area contributed by atoms with Crippen LogP contribution in [0.4, 0.5) is 0 Å². The third kappa shape index (κ3) is 2.48. The molecule has 0 bridgehead atoms. The predicted molar refractivity (Wildman–Crippen MR) is 104 cm³/mol. The SMILES string of the molecule is CC(C)Oc1ccc2c(c1)C(C)(C)C1=C(C2=O)c2ccc(Br)cc2C1. The Bertz CT molecular complexity index is 935. The number of ether oxygens (including phenoxy) is 1. The summed E-state index contributed by atoms with van der Waals surface area (Å²) in [6, 6.07) is 12.1. The molecule has 0 aliphatic heterocycles. The Morgan fingerprint density at radius 1 is 1.08 bits per heavy atom. The van der Waals surface area contributed by atoms with Crippen molar-refractivity contribution in [3.05, 3.63) is 68.7 Å². The van der Waals surface area contributed by atoms with Crippen molar-refractivity contribution in [1.29, 1.82) is 0 Å². The number of halogens is 1. The van der Waals surface area contributed by atoms with E-state index in [0.29, 0.717) is 0 Å². The molecule has 0 unspecified atom stereocenters. The fraction of sp³-hybridized carbons (Fsp3) is 0.318. The van der Waals surface area contributed by atoms with E-state index < -0.39 is 0 Å². The number of allylic oxidation sites excluding steroid dienone is 2. The quantitative estimate of drug-likeness (QED) is 0.648. The zero-order valence-corrected chi connectivity index (χ0v) is 16.5. The maximum atomic E-state index is 13.3. The van der Waals surface area contributed by atoms with Crippen LogP contribution >= 0.6 is 15.9 Å². The number of fused-ring (bicyclic) bond motifs is 3. The van der Waals surface area contributed by atoms with Crippen molar-refractivity contribution in [2.24, 2.45) is 0 Å². The monoisotopic (exact) mass is 396 g/mol. The van der Waals surface area contributed by atoms with Gasteiger partial charge in [0.25, 0.3) is 0 Å². The van der Waals surface area contributed by atoms with Gasteiger partial charge in [0, 0.05) is 21.0 Å². The number of hydrogen-bond donors (Lipinski definition) is 0. The second kappa shape index (κ2) is 5.57. The van der Waals surface area contributed by atoms with Gasteiger partial charge in [-0.15, -0.1) is 0 Å². The molecule has 128 valence electrons. The Kier molecular flexibility index (Phi) is 3.69. The first-order chi connectivity index (χ1) is 11.8. The lowest BCUT2D eigenvalue weighted by Crippen LogP contribution is -2.29. The normalized spacial score (nSPS) is 17.4. The van der Waals surface area contributed by atoms with E-state index in [-0.39, 0.29) is 17.3 Å². The van der Waals surface area contributed by atoms with Crippen LogP contribution in [-0.4, -0.2) is 11.9 Å². The summed E-state index contributed by atoms with van der Waals surface area (Å²) in [6.45, 7) is 8.46. The molecule has 0 radical (unpaired) electrons. The van der Waals surface area contributed by atoms with Gasteiger partial charge in [-0.3, -0.25) is 4.79 Å². The maximum absolute atomic E-state index is 13.3. The molecular formula is C22H21BrO2. The average molecular weight is 397 g/mol. The molecule has 0 saturated heterocycles. The van der Waals surface area contributed by atoms with Crippen molar-refractivity contribution in [2.75, 3.05) is 0 Å². The summed E-state index contributed by atoms with van der Waals surface area (Å²) in [4.78, 5) is 13.3. The molecule has 25 heavy (non-hydrogen) atoms. The fourth-order valence-electron chi connectivity index (χ4n) is 4.07. The molecule has 3 heteroatoms. The van der Waals surface area contributed by atoms with Crippen molar-refractivity contribution < 1.29 is 9.53 Å². The highest BCUT2D eigenvalue weighted by atomic mass is 79.9. The van der Waals surface area contributed by atoms with Gasteiger partial charge in [-0.25, -0.2) is 0 Å². The fourth-order valence-corrected chi connectivity index (χ4v) is 4.48. The van der Waals surface area contributed by atoms with Crippen molar-refractivity contribution in [2.45, 2.75) is 45.6 Å². The minimum Gasteiger partial charge on any atom is -0.491 e. The van der Waals surface area contributed by atoms with Gasteiger partial charge >= 0.3 is 0 Å². The molecule has 0 heterocycles. The molecular weight excluding hydrogens is 376 g/mol. The van der Waals surface area contributed by atoms with Gasteiger partial charge < -0.3 is 4.74 Å². The topological polar surface area (TPSA) is 26.3 Å². The average Bonchev–Trinajstić information content (AvgIpc) is 2.92. The van der Waals surface area contributed by atoms with Crippen LogP contribution in [0.25, 0.3) is 5.57 Å². The molecule has 0 fully saturated rings. The highest BCUT2D eigenvalue weighted by Gasteiger charge is 2.42. The van der Waals surface area contributed by atoms with E-state index in [0.717, 1.165) is 38.9 Å². The molecule has 0 atom stereocenters. The number of benzene rings is 2. The van der Waals surface area contributed by atoms with E-state index in [1.807, 2.05) is 32.0 Å². The van der Waals surface area contributed by atoms with Gasteiger partial charge in [0.1, 0.15) is 5.75 Å². The van der Waals surface area contributed by atoms with Crippen LogP contribution in [0.1, 0.15) is 54.7 Å². The van der Waals surface area contributed by atoms with Gasteiger partial charge in [-0.05, 0) is 72.9 Å². The first-order valence-electron chi connectivity index (χ1n) is 8.67. The van der Waals surface area contributed by atoms with Gasteiger partial charge in [-0.2, -0.15) is 0 Å². The van der Waals surface area contributed by atoms with E-state index in [1.165, 1.54) is 11.1 Å². The lowest BCUT2D eigenvalue weighted by molar-refractivity contribution is 0.105. The van der Waals surface area contributed by atoms with Crippen molar-refractivity contribution in [3.8, 4) is 5.75 Å². The van der Waals surface area contributed by atoms with Crippen LogP contribution in [0, 0.1) is 0 Å². The van der Waals surface area contributed by atoms with Gasteiger partial charge in [0.15, 0.2) is 5.78 Å². The number of carbonyl (C=O) groups is 1. The Labute approximate surface area is 157 Å². The molecule has 0 N–H and O–H groups in total. The second-order valence-corrected chi connectivity index (χ2v) is 8.58. The van der Waals surface area contributed by atoms with Crippen molar-refractivity contribution in [1.82, 2.24) is 0 Å². The summed E-state index contributed by atoms with van der Waals surface area (Å²) < 4.78 is 6.92. The van der Waals surface area contributed by atoms with Crippen LogP contribution in [0.2, 0.25) is 0 Å². The molecule has 0 amide bonds. The predicted octanol–water partition coefficient (Wildman–Crippen LogP) is 5.72. The first-order valence-corrected chi connectivity index (χ1v) is 9.46. The lowest BCUT2D eigenvalue weighted by Gasteiger charge is -2.34. The Balaban J connectivity index is 1.88. The van der Waals surface area contributed by atoms with E-state index >= 15 is 0 Å². The summed E-state index contributed by atoms with van der Waals surface area (Å²) in [5.74, 6) is 0.971. The van der Waals surface area contributed by atoms with E-state index in [4.69, 9.17) is 4.74 Å².